The number of hydrogen-bond acceptors (Lipinski definition) is 4. The molecule has 4 heteroatoms. The Morgan fingerprint density at radius 3 is 2.77 bits per heavy atom. The summed E-state index contributed by atoms with van der Waals surface area (Å²) in [6, 6.07) is 0.369. The van der Waals surface area contributed by atoms with Crippen molar-refractivity contribution in [3.8, 4) is 0 Å². The van der Waals surface area contributed by atoms with E-state index in [4.69, 9.17) is 0 Å². The monoisotopic (exact) mass is 199 g/mol. The van der Waals surface area contributed by atoms with Crippen LogP contribution < -0.4 is 5.32 Å². The van der Waals surface area contributed by atoms with Gasteiger partial charge in [-0.3, -0.25) is 0 Å². The van der Waals surface area contributed by atoms with E-state index in [0.717, 1.165) is 18.7 Å². The number of nitrogens with zero attached hydrogens (tertiary/aromatic N) is 2. The van der Waals surface area contributed by atoms with Crippen LogP contribution in [0.3, 0.4) is 0 Å². The molecular formula is C9H17N3S. The third kappa shape index (κ3) is 2.74. The van der Waals surface area contributed by atoms with Gasteiger partial charge in [0.2, 0.25) is 0 Å². The highest BCUT2D eigenvalue weighted by atomic mass is 32.1. The molecule has 0 radical (unpaired) electrons. The van der Waals surface area contributed by atoms with Gasteiger partial charge in [0.15, 0.2) is 0 Å². The second-order valence-electron chi connectivity index (χ2n) is 3.25. The van der Waals surface area contributed by atoms with Crippen molar-refractivity contribution in [2.24, 2.45) is 5.92 Å². The van der Waals surface area contributed by atoms with Crippen molar-refractivity contribution in [3.05, 3.63) is 11.9 Å². The molecule has 0 aliphatic carbocycles. The Bertz CT molecular complexity index is 223. The number of nitrogens with one attached hydrogen (secondary N) is 1. The van der Waals surface area contributed by atoms with E-state index in [0.29, 0.717) is 12.0 Å². The lowest BCUT2D eigenvalue weighted by Crippen LogP contribution is -2.26. The van der Waals surface area contributed by atoms with Gasteiger partial charge in [-0.2, -0.15) is 8.75 Å². The van der Waals surface area contributed by atoms with Crippen molar-refractivity contribution in [1.29, 1.82) is 0 Å². The van der Waals surface area contributed by atoms with E-state index >= 15 is 0 Å². The third-order valence-electron chi connectivity index (χ3n) is 2.33. The molecule has 2 atom stereocenters. The Morgan fingerprint density at radius 2 is 2.31 bits per heavy atom. The minimum atomic E-state index is 0.369. The first kappa shape index (κ1) is 10.6. The molecule has 0 amide bonds. The Kier molecular flexibility index (Phi) is 4.32. The molecule has 0 fully saturated rings. The molecule has 1 aromatic rings. The largest absolute Gasteiger partial charge is 0.309 e. The Balaban J connectivity index is 2.68. The average molecular weight is 199 g/mol. The van der Waals surface area contributed by atoms with Gasteiger partial charge in [0.25, 0.3) is 0 Å². The van der Waals surface area contributed by atoms with Crippen molar-refractivity contribution in [3.63, 3.8) is 0 Å². The Labute approximate surface area is 83.9 Å². The van der Waals surface area contributed by atoms with Crippen LogP contribution in [0.2, 0.25) is 0 Å². The van der Waals surface area contributed by atoms with Crippen LogP contribution >= 0.6 is 11.7 Å². The van der Waals surface area contributed by atoms with Gasteiger partial charge < -0.3 is 5.32 Å². The summed E-state index contributed by atoms with van der Waals surface area (Å²) in [5, 5.41) is 3.44. The topological polar surface area (TPSA) is 37.8 Å². The van der Waals surface area contributed by atoms with Crippen molar-refractivity contribution < 1.29 is 0 Å². The summed E-state index contributed by atoms with van der Waals surface area (Å²) in [4.78, 5) is 0. The second kappa shape index (κ2) is 5.29. The molecule has 0 aliphatic rings. The Hall–Kier alpha value is -0.480. The van der Waals surface area contributed by atoms with Gasteiger partial charge in [0.1, 0.15) is 0 Å². The van der Waals surface area contributed by atoms with Gasteiger partial charge in [-0.1, -0.05) is 27.2 Å². The molecule has 13 heavy (non-hydrogen) atoms. The summed E-state index contributed by atoms with van der Waals surface area (Å²) < 4.78 is 8.30. The first-order valence-electron chi connectivity index (χ1n) is 4.80. The summed E-state index contributed by atoms with van der Waals surface area (Å²) in [7, 11) is 0. The lowest BCUT2D eigenvalue weighted by Gasteiger charge is -2.21. The molecule has 0 bridgehead atoms. The molecule has 1 aromatic heterocycles. The molecule has 0 aromatic carbocycles. The van der Waals surface area contributed by atoms with E-state index in [2.05, 4.69) is 34.8 Å². The summed E-state index contributed by atoms with van der Waals surface area (Å²) in [5.41, 5.74) is 1.08. The maximum absolute atomic E-state index is 4.27. The molecule has 0 spiro atoms. The van der Waals surface area contributed by atoms with Crippen LogP contribution in [0.1, 0.15) is 38.9 Å². The minimum absolute atomic E-state index is 0.369. The lowest BCUT2D eigenvalue weighted by molar-refractivity contribution is 0.378. The predicted molar refractivity (Wildman–Crippen MR) is 55.8 cm³/mol. The molecule has 2 unspecified atom stereocenters. The summed E-state index contributed by atoms with van der Waals surface area (Å²) >= 11 is 1.28. The summed E-state index contributed by atoms with van der Waals surface area (Å²) in [5.74, 6) is 0.615. The fourth-order valence-electron chi connectivity index (χ4n) is 1.36. The fourth-order valence-corrected chi connectivity index (χ4v) is 1.82. The number of hydrogen-bond donors (Lipinski definition) is 1. The van der Waals surface area contributed by atoms with Crippen LogP contribution in [0, 0.1) is 5.92 Å². The average Bonchev–Trinajstić information content (AvgIpc) is 2.65. The maximum atomic E-state index is 4.27. The third-order valence-corrected chi connectivity index (χ3v) is 2.83. The highest BCUT2D eigenvalue weighted by Gasteiger charge is 2.18. The van der Waals surface area contributed by atoms with E-state index in [1.165, 1.54) is 11.7 Å². The molecular weight excluding hydrogens is 182 g/mol. The van der Waals surface area contributed by atoms with Gasteiger partial charge in [0.05, 0.1) is 29.7 Å². The zero-order valence-electron chi connectivity index (χ0n) is 8.45. The van der Waals surface area contributed by atoms with Crippen molar-refractivity contribution >= 4 is 11.7 Å². The molecule has 1 N–H and O–H groups in total. The minimum Gasteiger partial charge on any atom is -0.309 e. The smallest absolute Gasteiger partial charge is 0.0914 e. The van der Waals surface area contributed by atoms with E-state index in [-0.39, 0.29) is 0 Å². The van der Waals surface area contributed by atoms with Crippen LogP contribution in [0.25, 0.3) is 0 Å². The first-order chi connectivity index (χ1) is 6.29. The molecule has 3 nitrogen and oxygen atoms in total. The van der Waals surface area contributed by atoms with Crippen LogP contribution in [0.5, 0.6) is 0 Å². The van der Waals surface area contributed by atoms with Gasteiger partial charge in [-0.25, -0.2) is 0 Å². The predicted octanol–water partition coefficient (Wildman–Crippen LogP) is 2.23. The fraction of sp³-hybridized carbons (Fsp3) is 0.778. The van der Waals surface area contributed by atoms with E-state index in [1.54, 1.807) is 0 Å². The van der Waals surface area contributed by atoms with Gasteiger partial charge in [-0.05, 0) is 12.5 Å². The van der Waals surface area contributed by atoms with E-state index < -0.39 is 0 Å². The van der Waals surface area contributed by atoms with Crippen LogP contribution in [-0.4, -0.2) is 15.3 Å². The van der Waals surface area contributed by atoms with Crippen LogP contribution in [-0.2, 0) is 0 Å². The molecule has 1 heterocycles. The zero-order chi connectivity index (χ0) is 9.68. The summed E-state index contributed by atoms with van der Waals surface area (Å²) in [6.07, 6.45) is 3.03. The summed E-state index contributed by atoms with van der Waals surface area (Å²) in [6.45, 7) is 7.54. The van der Waals surface area contributed by atoms with Crippen molar-refractivity contribution in [2.75, 3.05) is 6.54 Å². The molecule has 0 aliphatic heterocycles. The van der Waals surface area contributed by atoms with Gasteiger partial charge >= 0.3 is 0 Å². The SMILES string of the molecule is CCNC(c1cnsn1)C(C)CC. The first-order valence-corrected chi connectivity index (χ1v) is 5.53. The van der Waals surface area contributed by atoms with Crippen molar-refractivity contribution in [1.82, 2.24) is 14.1 Å². The highest BCUT2D eigenvalue weighted by molar-refractivity contribution is 6.99. The molecule has 0 saturated heterocycles. The normalized spacial score (nSPS) is 15.6. The van der Waals surface area contributed by atoms with E-state index in [1.807, 2.05) is 6.20 Å². The lowest BCUT2D eigenvalue weighted by atomic mass is 9.97. The highest BCUT2D eigenvalue weighted by Crippen LogP contribution is 2.22. The maximum Gasteiger partial charge on any atom is 0.0914 e. The van der Waals surface area contributed by atoms with E-state index in [9.17, 15) is 0 Å². The Morgan fingerprint density at radius 1 is 1.54 bits per heavy atom. The van der Waals surface area contributed by atoms with Crippen molar-refractivity contribution in [2.45, 2.75) is 33.2 Å². The number of rotatable bonds is 5. The molecule has 74 valence electrons. The standard InChI is InChI=1S/C9H17N3S/c1-4-7(3)9(10-5-2)8-6-11-13-12-8/h6-7,9-10H,4-5H2,1-3H3. The van der Waals surface area contributed by atoms with Gasteiger partial charge in [-0.15, -0.1) is 0 Å². The van der Waals surface area contributed by atoms with Crippen LogP contribution in [0.4, 0.5) is 0 Å². The molecule has 1 rings (SSSR count). The van der Waals surface area contributed by atoms with Gasteiger partial charge in [0, 0.05) is 0 Å². The second-order valence-corrected chi connectivity index (χ2v) is 3.81. The zero-order valence-corrected chi connectivity index (χ0v) is 9.27. The number of aromatic nitrogens is 2. The molecule has 0 saturated carbocycles. The van der Waals surface area contributed by atoms with Crippen LogP contribution in [0.15, 0.2) is 6.20 Å². The quantitative estimate of drug-likeness (QED) is 0.790.